The van der Waals surface area contributed by atoms with Gasteiger partial charge in [0.15, 0.2) is 0 Å². The number of hydrogen-bond acceptors (Lipinski definition) is 2. The van der Waals surface area contributed by atoms with Crippen molar-refractivity contribution in [3.05, 3.63) is 0 Å². The van der Waals surface area contributed by atoms with Gasteiger partial charge in [-0.05, 0) is 13.3 Å². The van der Waals surface area contributed by atoms with Gasteiger partial charge in [0.25, 0.3) is 0 Å². The third-order valence-corrected chi connectivity index (χ3v) is 2.09. The fourth-order valence-electron chi connectivity index (χ4n) is 1.22. The first kappa shape index (κ1) is 15.8. The molecule has 98 valence electrons. The van der Waals surface area contributed by atoms with Crippen molar-refractivity contribution in [3.8, 4) is 12.3 Å². The lowest BCUT2D eigenvalue weighted by Gasteiger charge is -2.18. The van der Waals surface area contributed by atoms with Crippen molar-refractivity contribution in [1.82, 2.24) is 10.6 Å². The smallest absolute Gasteiger partial charge is 0.346 e. The Morgan fingerprint density at radius 1 is 1.47 bits per heavy atom. The van der Waals surface area contributed by atoms with E-state index in [1.807, 2.05) is 6.92 Å². The van der Waals surface area contributed by atoms with Crippen LogP contribution in [0.1, 0.15) is 26.7 Å². The zero-order chi connectivity index (χ0) is 13.5. The van der Waals surface area contributed by atoms with E-state index in [1.54, 1.807) is 5.32 Å². The molecule has 1 amide bonds. The molecule has 0 rings (SSSR count). The Morgan fingerprint density at radius 2 is 2.06 bits per heavy atom. The molecule has 6 heteroatoms. The molecule has 0 aliphatic carbocycles. The second kappa shape index (κ2) is 7.17. The summed E-state index contributed by atoms with van der Waals surface area (Å²) in [5.74, 6) is 1.74. The largest absolute Gasteiger partial charge is 0.405 e. The second-order valence-electron chi connectivity index (χ2n) is 3.73. The molecule has 0 saturated heterocycles. The number of carbonyl (C=O) groups is 1. The number of alkyl halides is 3. The highest BCUT2D eigenvalue weighted by atomic mass is 19.4. The molecule has 0 spiro atoms. The van der Waals surface area contributed by atoms with Crippen LogP contribution in [-0.2, 0) is 4.79 Å². The molecule has 0 fully saturated rings. The van der Waals surface area contributed by atoms with Gasteiger partial charge in [-0.15, -0.1) is 6.42 Å². The molecule has 0 aliphatic heterocycles. The van der Waals surface area contributed by atoms with E-state index in [-0.39, 0.29) is 6.04 Å². The topological polar surface area (TPSA) is 41.1 Å². The summed E-state index contributed by atoms with van der Waals surface area (Å²) >= 11 is 0. The number of amides is 1. The molecule has 0 heterocycles. The van der Waals surface area contributed by atoms with Crippen LogP contribution in [0.25, 0.3) is 0 Å². The minimum absolute atomic E-state index is 0.299. The van der Waals surface area contributed by atoms with E-state index in [9.17, 15) is 18.0 Å². The first-order valence-corrected chi connectivity index (χ1v) is 5.36. The number of carbonyl (C=O) groups excluding carboxylic acids is 1. The zero-order valence-corrected chi connectivity index (χ0v) is 9.90. The van der Waals surface area contributed by atoms with Gasteiger partial charge in [0.05, 0.1) is 12.1 Å². The molecule has 0 aromatic rings. The SMILES string of the molecule is C#CC(CCC)NC(C)C(=O)NCC(F)(F)F. The lowest BCUT2D eigenvalue weighted by Crippen LogP contribution is -2.48. The monoisotopic (exact) mass is 250 g/mol. The van der Waals surface area contributed by atoms with Gasteiger partial charge in [-0.2, -0.15) is 13.2 Å². The number of hydrogen-bond donors (Lipinski definition) is 2. The van der Waals surface area contributed by atoms with E-state index >= 15 is 0 Å². The Morgan fingerprint density at radius 3 is 2.47 bits per heavy atom. The van der Waals surface area contributed by atoms with Crippen molar-refractivity contribution in [2.24, 2.45) is 0 Å². The summed E-state index contributed by atoms with van der Waals surface area (Å²) in [7, 11) is 0. The third-order valence-electron chi connectivity index (χ3n) is 2.09. The quantitative estimate of drug-likeness (QED) is 0.700. The van der Waals surface area contributed by atoms with Crippen molar-refractivity contribution >= 4 is 5.91 Å². The number of halogens is 3. The summed E-state index contributed by atoms with van der Waals surface area (Å²) in [6.45, 7) is 2.08. The maximum Gasteiger partial charge on any atom is 0.405 e. The predicted molar refractivity (Wildman–Crippen MR) is 59.2 cm³/mol. The van der Waals surface area contributed by atoms with Crippen LogP contribution in [0.3, 0.4) is 0 Å². The van der Waals surface area contributed by atoms with Gasteiger partial charge in [0.2, 0.25) is 5.91 Å². The van der Waals surface area contributed by atoms with E-state index in [2.05, 4.69) is 11.2 Å². The average molecular weight is 250 g/mol. The molecule has 17 heavy (non-hydrogen) atoms. The minimum Gasteiger partial charge on any atom is -0.346 e. The maximum atomic E-state index is 11.9. The van der Waals surface area contributed by atoms with Crippen molar-refractivity contribution < 1.29 is 18.0 Å². The maximum absolute atomic E-state index is 11.9. The number of terminal acetylenes is 1. The lowest BCUT2D eigenvalue weighted by atomic mass is 10.1. The number of rotatable bonds is 6. The molecule has 3 nitrogen and oxygen atoms in total. The molecule has 0 aliphatic rings. The van der Waals surface area contributed by atoms with E-state index in [0.29, 0.717) is 6.42 Å². The van der Waals surface area contributed by atoms with E-state index in [4.69, 9.17) is 6.42 Å². The van der Waals surface area contributed by atoms with Gasteiger partial charge in [-0.25, -0.2) is 0 Å². The van der Waals surface area contributed by atoms with E-state index in [0.717, 1.165) is 6.42 Å². The summed E-state index contributed by atoms with van der Waals surface area (Å²) in [6.07, 6.45) is 2.33. The lowest BCUT2D eigenvalue weighted by molar-refractivity contribution is -0.139. The molecule has 0 aromatic heterocycles. The Balaban J connectivity index is 4.09. The molecule has 0 aromatic carbocycles. The van der Waals surface area contributed by atoms with Crippen molar-refractivity contribution in [2.75, 3.05) is 6.54 Å². The summed E-state index contributed by atoms with van der Waals surface area (Å²) in [5, 5.41) is 4.59. The van der Waals surface area contributed by atoms with Crippen molar-refractivity contribution in [1.29, 1.82) is 0 Å². The molecular formula is C11H17F3N2O. The van der Waals surface area contributed by atoms with Gasteiger partial charge in [-0.1, -0.05) is 19.3 Å². The Kier molecular flexibility index (Phi) is 6.66. The fourth-order valence-corrected chi connectivity index (χ4v) is 1.22. The highest BCUT2D eigenvalue weighted by Gasteiger charge is 2.28. The van der Waals surface area contributed by atoms with Crippen LogP contribution in [0.15, 0.2) is 0 Å². The Hall–Kier alpha value is -1.22. The van der Waals surface area contributed by atoms with Gasteiger partial charge < -0.3 is 5.32 Å². The molecule has 2 unspecified atom stereocenters. The van der Waals surface area contributed by atoms with Crippen molar-refractivity contribution in [2.45, 2.75) is 44.9 Å². The first-order chi connectivity index (χ1) is 7.80. The van der Waals surface area contributed by atoms with Crippen LogP contribution in [0.4, 0.5) is 13.2 Å². The molecule has 2 N–H and O–H groups in total. The highest BCUT2D eigenvalue weighted by Crippen LogP contribution is 2.12. The van der Waals surface area contributed by atoms with Crippen LogP contribution in [-0.4, -0.2) is 30.7 Å². The highest BCUT2D eigenvalue weighted by molar-refractivity contribution is 5.81. The molecule has 2 atom stereocenters. The summed E-state index contributed by atoms with van der Waals surface area (Å²) in [5.41, 5.74) is 0. The summed E-state index contributed by atoms with van der Waals surface area (Å²) < 4.78 is 35.6. The first-order valence-electron chi connectivity index (χ1n) is 5.36. The molecule has 0 saturated carbocycles. The van der Waals surface area contributed by atoms with Crippen LogP contribution < -0.4 is 10.6 Å². The normalized spacial score (nSPS) is 14.8. The second-order valence-corrected chi connectivity index (χ2v) is 3.73. The van der Waals surface area contributed by atoms with Gasteiger partial charge in [-0.3, -0.25) is 10.1 Å². The zero-order valence-electron chi connectivity index (χ0n) is 9.90. The Bertz CT molecular complexity index is 283. The predicted octanol–water partition coefficient (Wildman–Crippen LogP) is 1.44. The van der Waals surface area contributed by atoms with Crippen LogP contribution in [0, 0.1) is 12.3 Å². The number of nitrogens with one attached hydrogen (secondary N) is 2. The van der Waals surface area contributed by atoms with Gasteiger partial charge in [0.1, 0.15) is 6.54 Å². The van der Waals surface area contributed by atoms with E-state index in [1.165, 1.54) is 6.92 Å². The fraction of sp³-hybridized carbons (Fsp3) is 0.727. The van der Waals surface area contributed by atoms with Gasteiger partial charge >= 0.3 is 6.18 Å². The van der Waals surface area contributed by atoms with E-state index < -0.39 is 24.7 Å². The standard InChI is InChI=1S/C11H17F3N2O/c1-4-6-9(5-2)16-8(3)10(17)15-7-11(12,13)14/h2,8-9,16H,4,6-7H2,1,3H3,(H,15,17). The molecule has 0 bridgehead atoms. The van der Waals surface area contributed by atoms with Crippen LogP contribution in [0.5, 0.6) is 0 Å². The third kappa shape index (κ3) is 7.64. The average Bonchev–Trinajstić information content (AvgIpc) is 2.23. The summed E-state index contributed by atoms with van der Waals surface area (Å²) in [6, 6.07) is -1.04. The summed E-state index contributed by atoms with van der Waals surface area (Å²) in [4.78, 5) is 11.3. The Labute approximate surface area is 99.1 Å². The van der Waals surface area contributed by atoms with Crippen LogP contribution in [0.2, 0.25) is 0 Å². The van der Waals surface area contributed by atoms with Crippen LogP contribution >= 0.6 is 0 Å². The molecule has 0 radical (unpaired) electrons. The van der Waals surface area contributed by atoms with Gasteiger partial charge in [0, 0.05) is 0 Å². The van der Waals surface area contributed by atoms with Crippen molar-refractivity contribution in [3.63, 3.8) is 0 Å². The minimum atomic E-state index is -4.40. The molecular weight excluding hydrogens is 233 g/mol.